The lowest BCUT2D eigenvalue weighted by Crippen LogP contribution is -2.48. The molecule has 1 saturated heterocycles. The van der Waals surface area contributed by atoms with E-state index in [0.717, 1.165) is 43.6 Å². The van der Waals surface area contributed by atoms with Crippen molar-refractivity contribution in [3.63, 3.8) is 0 Å². The Bertz CT molecular complexity index is 776. The lowest BCUT2D eigenvalue weighted by Gasteiger charge is -2.29. The van der Waals surface area contributed by atoms with E-state index >= 15 is 0 Å². The van der Waals surface area contributed by atoms with E-state index < -0.39 is 6.09 Å². The maximum atomic E-state index is 12.9. The van der Waals surface area contributed by atoms with E-state index in [9.17, 15) is 9.59 Å². The second kappa shape index (κ2) is 15.0. The standard InChI is InChI=1S/C24H39ClN4O5/c1-17-4-5-19(25)15-21(17)22(34-13-9-27-24(31)32)6-10-29(3)23(30)28-20(16-26-2)14-18-7-11-33-12-8-18/h4-5,15,18,20,22,26-27H,6-14,16H2,1-3H3,(H,28,30)(H,31,32)/t20-,22-/m0/s1. The Morgan fingerprint density at radius 1 is 1.32 bits per heavy atom. The number of likely N-dealkylation sites (N-methyl/N-ethyl adjacent to an activating group) is 1. The fraction of sp³-hybridized carbons (Fsp3) is 0.667. The number of carbonyl (C=O) groups is 2. The number of amides is 3. The van der Waals surface area contributed by atoms with E-state index in [2.05, 4.69) is 16.0 Å². The van der Waals surface area contributed by atoms with Crippen LogP contribution >= 0.6 is 11.6 Å². The minimum absolute atomic E-state index is 0.0485. The molecule has 0 bridgehead atoms. The van der Waals surface area contributed by atoms with E-state index in [1.54, 1.807) is 11.9 Å². The van der Waals surface area contributed by atoms with Crippen LogP contribution in [0.5, 0.6) is 0 Å². The predicted octanol–water partition coefficient (Wildman–Crippen LogP) is 3.41. The fourth-order valence-electron chi connectivity index (χ4n) is 4.17. The van der Waals surface area contributed by atoms with E-state index in [4.69, 9.17) is 26.2 Å². The van der Waals surface area contributed by atoms with Gasteiger partial charge in [-0.3, -0.25) is 0 Å². The zero-order valence-corrected chi connectivity index (χ0v) is 21.2. The lowest BCUT2D eigenvalue weighted by molar-refractivity contribution is 0.0437. The second-order valence-corrected chi connectivity index (χ2v) is 9.23. The summed E-state index contributed by atoms with van der Waals surface area (Å²) in [5.41, 5.74) is 1.96. The first-order chi connectivity index (χ1) is 16.3. The summed E-state index contributed by atoms with van der Waals surface area (Å²) < 4.78 is 11.4. The zero-order chi connectivity index (χ0) is 24.9. The number of nitrogens with zero attached hydrogens (tertiary/aromatic N) is 1. The van der Waals surface area contributed by atoms with Crippen molar-refractivity contribution in [2.75, 3.05) is 53.6 Å². The molecule has 0 aliphatic carbocycles. The average molecular weight is 499 g/mol. The molecule has 9 nitrogen and oxygen atoms in total. The molecule has 1 fully saturated rings. The van der Waals surface area contributed by atoms with Crippen LogP contribution in [0.15, 0.2) is 18.2 Å². The van der Waals surface area contributed by atoms with E-state index in [0.29, 0.717) is 30.5 Å². The molecule has 1 aromatic carbocycles. The van der Waals surface area contributed by atoms with Crippen molar-refractivity contribution in [1.29, 1.82) is 0 Å². The first kappa shape index (κ1) is 28.2. The summed E-state index contributed by atoms with van der Waals surface area (Å²) in [7, 11) is 3.66. The molecule has 1 aliphatic rings. The number of ether oxygens (including phenoxy) is 2. The molecule has 192 valence electrons. The number of carboxylic acid groups (broad SMARTS) is 1. The van der Waals surface area contributed by atoms with Crippen LogP contribution in [0.4, 0.5) is 9.59 Å². The number of halogens is 1. The maximum absolute atomic E-state index is 12.9. The average Bonchev–Trinajstić information content (AvgIpc) is 2.80. The van der Waals surface area contributed by atoms with Gasteiger partial charge in [0.25, 0.3) is 0 Å². The first-order valence-electron chi connectivity index (χ1n) is 11.9. The van der Waals surface area contributed by atoms with Gasteiger partial charge in [0, 0.05) is 51.0 Å². The third-order valence-corrected chi connectivity index (χ3v) is 6.33. The fourth-order valence-corrected chi connectivity index (χ4v) is 4.35. The van der Waals surface area contributed by atoms with Gasteiger partial charge < -0.3 is 35.4 Å². The van der Waals surface area contributed by atoms with Gasteiger partial charge in [0.2, 0.25) is 0 Å². The Labute approximate surface area is 207 Å². The van der Waals surface area contributed by atoms with Gasteiger partial charge in [0.05, 0.1) is 12.7 Å². The van der Waals surface area contributed by atoms with Crippen molar-refractivity contribution in [1.82, 2.24) is 20.9 Å². The SMILES string of the molecule is CNC[C@H](CC1CCOCC1)NC(=O)N(C)CC[C@H](OCCNC(=O)O)c1cc(Cl)ccc1C. The Hall–Kier alpha value is -2.07. The van der Waals surface area contributed by atoms with Gasteiger partial charge in [-0.1, -0.05) is 17.7 Å². The van der Waals surface area contributed by atoms with Gasteiger partial charge in [0.15, 0.2) is 0 Å². The topological polar surface area (TPSA) is 112 Å². The highest BCUT2D eigenvalue weighted by atomic mass is 35.5. The Balaban J connectivity index is 1.94. The van der Waals surface area contributed by atoms with Crippen LogP contribution in [0.1, 0.15) is 42.9 Å². The molecular weight excluding hydrogens is 460 g/mol. The molecule has 34 heavy (non-hydrogen) atoms. The summed E-state index contributed by atoms with van der Waals surface area (Å²) in [5, 5.41) is 18.0. The highest BCUT2D eigenvalue weighted by molar-refractivity contribution is 6.30. The number of rotatable bonds is 13. The van der Waals surface area contributed by atoms with Gasteiger partial charge >= 0.3 is 12.1 Å². The molecule has 10 heteroatoms. The lowest BCUT2D eigenvalue weighted by atomic mass is 9.92. The van der Waals surface area contributed by atoms with Gasteiger partial charge in [-0.2, -0.15) is 0 Å². The van der Waals surface area contributed by atoms with Crippen LogP contribution in [-0.4, -0.2) is 81.7 Å². The van der Waals surface area contributed by atoms with Crippen LogP contribution in [0.3, 0.4) is 0 Å². The second-order valence-electron chi connectivity index (χ2n) is 8.80. The number of nitrogens with one attached hydrogen (secondary N) is 3. The Kier molecular flexibility index (Phi) is 12.5. The van der Waals surface area contributed by atoms with Crippen molar-refractivity contribution in [3.05, 3.63) is 34.3 Å². The molecule has 3 amide bonds. The number of hydrogen-bond donors (Lipinski definition) is 4. The Morgan fingerprint density at radius 3 is 2.74 bits per heavy atom. The normalized spacial score (nSPS) is 16.0. The number of hydrogen-bond acceptors (Lipinski definition) is 5. The molecule has 2 atom stereocenters. The molecule has 0 spiro atoms. The van der Waals surface area contributed by atoms with Gasteiger partial charge in [0.1, 0.15) is 0 Å². The van der Waals surface area contributed by atoms with Crippen LogP contribution in [0, 0.1) is 12.8 Å². The highest BCUT2D eigenvalue weighted by Gasteiger charge is 2.23. The zero-order valence-electron chi connectivity index (χ0n) is 20.4. The van der Waals surface area contributed by atoms with Crippen LogP contribution in [0.2, 0.25) is 5.02 Å². The number of urea groups is 1. The summed E-state index contributed by atoms with van der Waals surface area (Å²) in [6, 6.07) is 5.54. The minimum atomic E-state index is -1.09. The summed E-state index contributed by atoms with van der Waals surface area (Å²) in [5.74, 6) is 0.556. The van der Waals surface area contributed by atoms with Crippen molar-refractivity contribution >= 4 is 23.7 Å². The number of aryl methyl sites for hydroxylation is 1. The molecule has 1 aromatic rings. The van der Waals surface area contributed by atoms with Crippen LogP contribution < -0.4 is 16.0 Å². The third-order valence-electron chi connectivity index (χ3n) is 6.10. The van der Waals surface area contributed by atoms with Gasteiger partial charge in [-0.05, 0) is 68.8 Å². The molecule has 0 unspecified atom stereocenters. The molecule has 2 rings (SSSR count). The smallest absolute Gasteiger partial charge is 0.404 e. The molecule has 0 aromatic heterocycles. The first-order valence-corrected chi connectivity index (χ1v) is 12.3. The summed E-state index contributed by atoms with van der Waals surface area (Å²) in [6.07, 6.45) is 2.12. The van der Waals surface area contributed by atoms with E-state index in [1.807, 2.05) is 32.2 Å². The minimum Gasteiger partial charge on any atom is -0.465 e. The van der Waals surface area contributed by atoms with Crippen molar-refractivity contribution in [2.24, 2.45) is 5.92 Å². The van der Waals surface area contributed by atoms with E-state index in [1.165, 1.54) is 0 Å². The highest BCUT2D eigenvalue weighted by Crippen LogP contribution is 2.27. The molecule has 0 saturated carbocycles. The maximum Gasteiger partial charge on any atom is 0.404 e. The van der Waals surface area contributed by atoms with E-state index in [-0.39, 0.29) is 31.3 Å². The summed E-state index contributed by atoms with van der Waals surface area (Å²) in [6.45, 7) is 5.13. The summed E-state index contributed by atoms with van der Waals surface area (Å²) in [4.78, 5) is 25.3. The molecule has 0 radical (unpaired) electrons. The van der Waals surface area contributed by atoms with Crippen molar-refractivity contribution in [3.8, 4) is 0 Å². The van der Waals surface area contributed by atoms with Crippen LogP contribution in [0.25, 0.3) is 0 Å². The monoisotopic (exact) mass is 498 g/mol. The van der Waals surface area contributed by atoms with Gasteiger partial charge in [-0.25, -0.2) is 9.59 Å². The van der Waals surface area contributed by atoms with Gasteiger partial charge in [-0.15, -0.1) is 0 Å². The molecule has 1 heterocycles. The number of benzene rings is 1. The molecule has 4 N–H and O–H groups in total. The predicted molar refractivity (Wildman–Crippen MR) is 133 cm³/mol. The van der Waals surface area contributed by atoms with Crippen molar-refractivity contribution in [2.45, 2.75) is 44.8 Å². The largest absolute Gasteiger partial charge is 0.465 e. The summed E-state index contributed by atoms with van der Waals surface area (Å²) >= 11 is 6.21. The molecule has 1 aliphatic heterocycles. The van der Waals surface area contributed by atoms with Crippen molar-refractivity contribution < 1.29 is 24.2 Å². The molecular formula is C24H39ClN4O5. The Morgan fingerprint density at radius 2 is 2.06 bits per heavy atom. The number of carbonyl (C=O) groups excluding carboxylic acids is 1. The van der Waals surface area contributed by atoms with Crippen LogP contribution in [-0.2, 0) is 9.47 Å². The third kappa shape index (κ3) is 10.0. The quantitative estimate of drug-likeness (QED) is 0.310.